The summed E-state index contributed by atoms with van der Waals surface area (Å²) in [5, 5.41) is 27.6. The number of hydrogen-bond donors (Lipinski definition) is 1. The smallest absolute Gasteiger partial charge is 0.342 e. The number of benzene rings is 3. The molecular weight excluding hydrogens is 582 g/mol. The lowest BCUT2D eigenvalue weighted by atomic mass is 10.1. The third-order valence-corrected chi connectivity index (χ3v) is 6.57. The molecule has 1 heterocycles. The largest absolute Gasteiger partial charge is 0.496 e. The molecule has 8 nitrogen and oxygen atoms in total. The summed E-state index contributed by atoms with van der Waals surface area (Å²) in [5.74, 6) is -0.141. The number of ether oxygens (including phenoxy) is 2. The van der Waals surface area contributed by atoms with Crippen LogP contribution in [0.25, 0.3) is 17.5 Å². The molecule has 0 aliphatic heterocycles. The van der Waals surface area contributed by atoms with Gasteiger partial charge in [-0.15, -0.1) is 10.2 Å². The van der Waals surface area contributed by atoms with Gasteiger partial charge in [0.2, 0.25) is 0 Å². The van der Waals surface area contributed by atoms with Crippen LogP contribution in [0.4, 0.5) is 0 Å². The molecule has 0 radical (unpaired) electrons. The van der Waals surface area contributed by atoms with Gasteiger partial charge in [-0.2, -0.15) is 5.26 Å². The zero-order valence-corrected chi connectivity index (χ0v) is 22.3. The van der Waals surface area contributed by atoms with E-state index in [-0.39, 0.29) is 22.6 Å². The lowest BCUT2D eigenvalue weighted by Gasteiger charge is -2.11. The van der Waals surface area contributed by atoms with Crippen LogP contribution in [0.15, 0.2) is 79.7 Å². The van der Waals surface area contributed by atoms with Crippen molar-refractivity contribution >= 4 is 51.3 Å². The minimum Gasteiger partial charge on any atom is -0.496 e. The topological polar surface area (TPSA) is 118 Å². The van der Waals surface area contributed by atoms with Crippen molar-refractivity contribution < 1.29 is 23.8 Å². The molecule has 11 heteroatoms. The Morgan fingerprint density at radius 1 is 1.19 bits per heavy atom. The molecule has 4 aromatic rings. The summed E-state index contributed by atoms with van der Waals surface area (Å²) in [7, 11) is 1.50. The number of carboxylic acids is 1. The average Bonchev–Trinajstić information content (AvgIpc) is 3.36. The number of halogens is 2. The molecule has 0 bridgehead atoms. The zero-order chi connectivity index (χ0) is 26.4. The standard InChI is InChI=1S/C26H17BrClN3O5S/c1-34-22-9-7-19(28)12-20(22)24-30-31-26(36-24)37-23(25(32)33)11-17-10-18(27)6-8-21(17)35-14-16-5-3-2-4-15(16)13-29/h2-12H,14H2,1H3,(H,32,33)/b23-11-. The average molecular weight is 599 g/mol. The third kappa shape index (κ3) is 6.51. The lowest BCUT2D eigenvalue weighted by molar-refractivity contribution is -0.131. The lowest BCUT2D eigenvalue weighted by Crippen LogP contribution is -2.01. The summed E-state index contributed by atoms with van der Waals surface area (Å²) in [4.78, 5) is 12.0. The highest BCUT2D eigenvalue weighted by Gasteiger charge is 2.19. The van der Waals surface area contributed by atoms with Gasteiger partial charge in [-0.25, -0.2) is 4.79 Å². The summed E-state index contributed by atoms with van der Waals surface area (Å²) >= 11 is 10.3. The van der Waals surface area contributed by atoms with Gasteiger partial charge in [0, 0.05) is 20.6 Å². The molecule has 186 valence electrons. The van der Waals surface area contributed by atoms with Gasteiger partial charge in [-0.1, -0.05) is 45.7 Å². The molecule has 0 unspecified atom stereocenters. The zero-order valence-electron chi connectivity index (χ0n) is 19.1. The number of methoxy groups -OCH3 is 1. The highest BCUT2D eigenvalue weighted by Crippen LogP contribution is 2.36. The van der Waals surface area contributed by atoms with E-state index in [1.807, 2.05) is 6.07 Å². The SMILES string of the molecule is COc1ccc(Cl)cc1-c1nnc(S/C(=C\c2cc(Br)ccc2OCc2ccccc2C#N)C(=O)O)o1. The Hall–Kier alpha value is -3.78. The van der Waals surface area contributed by atoms with E-state index in [1.165, 1.54) is 13.2 Å². The fourth-order valence-electron chi connectivity index (χ4n) is 3.25. The molecular formula is C26H17BrClN3O5S. The fraction of sp³-hybridized carbons (Fsp3) is 0.0769. The number of nitrogens with zero attached hydrogens (tertiary/aromatic N) is 3. The Kier molecular flexibility index (Phi) is 8.50. The Labute approximate surface area is 229 Å². The molecule has 0 saturated heterocycles. The van der Waals surface area contributed by atoms with Crippen LogP contribution in [-0.4, -0.2) is 28.4 Å². The van der Waals surface area contributed by atoms with Gasteiger partial charge in [-0.3, -0.25) is 0 Å². The van der Waals surface area contributed by atoms with E-state index in [0.29, 0.717) is 38.8 Å². The normalized spacial score (nSPS) is 11.1. The van der Waals surface area contributed by atoms with Crippen molar-refractivity contribution in [1.82, 2.24) is 10.2 Å². The molecule has 0 atom stereocenters. The number of hydrogen-bond acceptors (Lipinski definition) is 8. The number of rotatable bonds is 9. The molecule has 1 aromatic heterocycles. The summed E-state index contributed by atoms with van der Waals surface area (Å²) in [6.07, 6.45) is 1.45. The van der Waals surface area contributed by atoms with Crippen LogP contribution in [0.3, 0.4) is 0 Å². The number of carbonyl (C=O) groups is 1. The number of carboxylic acid groups (broad SMARTS) is 1. The second-order valence-electron chi connectivity index (χ2n) is 7.37. The second-order valence-corrected chi connectivity index (χ2v) is 9.72. The monoisotopic (exact) mass is 597 g/mol. The Balaban J connectivity index is 1.61. The van der Waals surface area contributed by atoms with Crippen molar-refractivity contribution in [3.8, 4) is 29.0 Å². The maximum absolute atomic E-state index is 12.1. The molecule has 0 amide bonds. The number of nitriles is 1. The van der Waals surface area contributed by atoms with E-state index in [4.69, 9.17) is 25.5 Å². The third-order valence-electron chi connectivity index (χ3n) is 4.99. The van der Waals surface area contributed by atoms with Gasteiger partial charge in [0.25, 0.3) is 11.1 Å². The second kappa shape index (κ2) is 12.0. The Bertz CT molecular complexity index is 1530. The van der Waals surface area contributed by atoms with Crippen LogP contribution in [0.5, 0.6) is 11.5 Å². The first-order valence-electron chi connectivity index (χ1n) is 10.6. The van der Waals surface area contributed by atoms with Crippen LogP contribution >= 0.6 is 39.3 Å². The summed E-state index contributed by atoms with van der Waals surface area (Å²) in [6, 6.07) is 19.4. The molecule has 3 aromatic carbocycles. The molecule has 4 rings (SSSR count). The molecule has 0 spiro atoms. The maximum Gasteiger partial charge on any atom is 0.342 e. The number of aliphatic carboxylic acids is 1. The molecule has 1 N–H and O–H groups in total. The van der Waals surface area contributed by atoms with E-state index in [0.717, 1.165) is 16.2 Å². The predicted molar refractivity (Wildman–Crippen MR) is 142 cm³/mol. The molecule has 0 aliphatic rings. The van der Waals surface area contributed by atoms with Crippen LogP contribution in [-0.2, 0) is 11.4 Å². The Morgan fingerprint density at radius 3 is 2.73 bits per heavy atom. The van der Waals surface area contributed by atoms with Crippen LogP contribution in [0.2, 0.25) is 5.02 Å². The van der Waals surface area contributed by atoms with Gasteiger partial charge < -0.3 is 19.0 Å². The van der Waals surface area contributed by atoms with Gasteiger partial charge in [0.15, 0.2) is 0 Å². The molecule has 37 heavy (non-hydrogen) atoms. The molecule has 0 saturated carbocycles. The van der Waals surface area contributed by atoms with Crippen LogP contribution in [0.1, 0.15) is 16.7 Å². The van der Waals surface area contributed by atoms with Crippen molar-refractivity contribution in [2.24, 2.45) is 0 Å². The summed E-state index contributed by atoms with van der Waals surface area (Å²) < 4.78 is 17.7. The molecule has 0 fully saturated rings. The first-order valence-corrected chi connectivity index (χ1v) is 12.6. The Morgan fingerprint density at radius 2 is 1.97 bits per heavy atom. The minimum absolute atomic E-state index is 0.0195. The van der Waals surface area contributed by atoms with Gasteiger partial charge in [0.05, 0.1) is 24.3 Å². The van der Waals surface area contributed by atoms with E-state index in [1.54, 1.807) is 54.6 Å². The highest BCUT2D eigenvalue weighted by atomic mass is 79.9. The van der Waals surface area contributed by atoms with E-state index in [9.17, 15) is 15.2 Å². The van der Waals surface area contributed by atoms with E-state index in [2.05, 4.69) is 32.2 Å². The van der Waals surface area contributed by atoms with Crippen molar-refractivity contribution in [1.29, 1.82) is 5.26 Å². The van der Waals surface area contributed by atoms with Gasteiger partial charge >= 0.3 is 5.97 Å². The fourth-order valence-corrected chi connectivity index (χ4v) is 4.47. The van der Waals surface area contributed by atoms with Crippen molar-refractivity contribution in [2.45, 2.75) is 11.8 Å². The van der Waals surface area contributed by atoms with Crippen molar-refractivity contribution in [3.05, 3.63) is 91.8 Å². The first kappa shape index (κ1) is 26.3. The van der Waals surface area contributed by atoms with Gasteiger partial charge in [-0.05, 0) is 60.3 Å². The predicted octanol–water partition coefficient (Wildman–Crippen LogP) is 6.83. The minimum atomic E-state index is -1.19. The molecule has 0 aliphatic carbocycles. The summed E-state index contributed by atoms with van der Waals surface area (Å²) in [5.41, 5.74) is 2.20. The maximum atomic E-state index is 12.1. The summed E-state index contributed by atoms with van der Waals surface area (Å²) in [6.45, 7) is 0.135. The highest BCUT2D eigenvalue weighted by molar-refractivity contribution is 9.10. The van der Waals surface area contributed by atoms with Crippen molar-refractivity contribution in [3.63, 3.8) is 0 Å². The quantitative estimate of drug-likeness (QED) is 0.163. The first-order chi connectivity index (χ1) is 17.9. The number of thioether (sulfide) groups is 1. The van der Waals surface area contributed by atoms with Crippen LogP contribution in [0, 0.1) is 11.3 Å². The van der Waals surface area contributed by atoms with Crippen molar-refractivity contribution in [2.75, 3.05) is 7.11 Å². The van der Waals surface area contributed by atoms with Gasteiger partial charge in [0.1, 0.15) is 23.0 Å². The number of aromatic nitrogens is 2. The van der Waals surface area contributed by atoms with Crippen LogP contribution < -0.4 is 9.47 Å². The van der Waals surface area contributed by atoms with E-state index >= 15 is 0 Å². The van der Waals surface area contributed by atoms with E-state index < -0.39 is 5.97 Å².